The van der Waals surface area contributed by atoms with E-state index in [0.29, 0.717) is 57.5 Å². The molecule has 1 unspecified atom stereocenters. The summed E-state index contributed by atoms with van der Waals surface area (Å²) in [6, 6.07) is 5.58. The fourth-order valence-corrected chi connectivity index (χ4v) is 5.41. The van der Waals surface area contributed by atoms with Crippen molar-refractivity contribution in [1.29, 1.82) is 0 Å². The molecule has 244 valence electrons. The first-order valence-electron chi connectivity index (χ1n) is 14.0. The third-order valence-electron chi connectivity index (χ3n) is 6.06. The fraction of sp³-hybridized carbons (Fsp3) is 0.630. The Morgan fingerprint density at radius 2 is 1.64 bits per heavy atom. The van der Waals surface area contributed by atoms with Gasteiger partial charge in [0.05, 0.1) is 43.7 Å². The van der Waals surface area contributed by atoms with Crippen LogP contribution in [0.15, 0.2) is 34.3 Å². The zero-order chi connectivity index (χ0) is 32.2. The first-order chi connectivity index (χ1) is 21.2. The van der Waals surface area contributed by atoms with Crippen molar-refractivity contribution < 1.29 is 56.1 Å². The molecule has 1 aliphatic rings. The van der Waals surface area contributed by atoms with Gasteiger partial charge in [0.2, 0.25) is 0 Å². The van der Waals surface area contributed by atoms with E-state index in [1.54, 1.807) is 0 Å². The first kappa shape index (κ1) is 36.6. The number of imide groups is 1. The minimum atomic E-state index is -4.04. The number of amides is 2. The topological polar surface area (TPSA) is 210 Å². The van der Waals surface area contributed by atoms with E-state index in [0.717, 1.165) is 0 Å². The number of methoxy groups -OCH3 is 1. The number of nitrogens with zero attached hydrogens (tertiary/aromatic N) is 4. The third-order valence-corrected chi connectivity index (χ3v) is 7.85. The van der Waals surface area contributed by atoms with E-state index in [9.17, 15) is 27.6 Å². The predicted octanol–water partition coefficient (Wildman–Crippen LogP) is 2.80. The summed E-state index contributed by atoms with van der Waals surface area (Å²) in [6.45, 7) is 2.55. The number of rotatable bonds is 23. The van der Waals surface area contributed by atoms with E-state index in [2.05, 4.69) is 10.0 Å². The van der Waals surface area contributed by atoms with Crippen LogP contribution < -0.4 is 0 Å². The quantitative estimate of drug-likeness (QED) is 0.0321. The molecule has 1 saturated heterocycles. The van der Waals surface area contributed by atoms with Gasteiger partial charge in [-0.2, -0.15) is 0 Å². The standard InChI is InChI=1S/C27H38N4O12S/c1-38-12-3-6-22(42-27(35)43-31-25(33)9-10-26(31)34)20-44(36,37)23-7-2-5-21(19-23)24(32)8-4-13-39-15-17-41-18-16-40-14-11-29-30-28/h2,5,7,19,22H,3-4,6,8-18,20H2,1H3. The molecule has 1 aliphatic heterocycles. The molecule has 1 atom stereocenters. The van der Waals surface area contributed by atoms with Gasteiger partial charge in [-0.1, -0.05) is 22.3 Å². The zero-order valence-corrected chi connectivity index (χ0v) is 25.4. The number of ketones is 1. The lowest BCUT2D eigenvalue weighted by Crippen LogP contribution is -2.35. The van der Waals surface area contributed by atoms with E-state index in [1.165, 1.54) is 31.4 Å². The molecule has 1 fully saturated rings. The molecule has 0 N–H and O–H groups in total. The van der Waals surface area contributed by atoms with Gasteiger partial charge < -0.3 is 23.7 Å². The van der Waals surface area contributed by atoms with Crippen LogP contribution in [-0.2, 0) is 47.9 Å². The minimum Gasteiger partial charge on any atom is -0.428 e. The molecule has 0 aliphatic carbocycles. The molecular weight excluding hydrogens is 604 g/mol. The maximum Gasteiger partial charge on any atom is 0.534 e. The summed E-state index contributed by atoms with van der Waals surface area (Å²) in [5, 5.41) is 3.66. The number of ether oxygens (including phenoxy) is 5. The summed E-state index contributed by atoms with van der Waals surface area (Å²) in [5.74, 6) is -2.29. The number of sulfone groups is 1. The van der Waals surface area contributed by atoms with Crippen LogP contribution in [0.1, 0.15) is 48.9 Å². The number of Topliss-reactive ketones (excluding diaryl/α,β-unsaturated/α-hetero) is 1. The van der Waals surface area contributed by atoms with Gasteiger partial charge in [0.25, 0.3) is 11.8 Å². The van der Waals surface area contributed by atoms with Gasteiger partial charge in [0.1, 0.15) is 6.10 Å². The fourth-order valence-electron chi connectivity index (χ4n) is 3.90. The van der Waals surface area contributed by atoms with Crippen LogP contribution in [0.5, 0.6) is 0 Å². The van der Waals surface area contributed by atoms with Crippen molar-refractivity contribution in [2.45, 2.75) is 49.5 Å². The van der Waals surface area contributed by atoms with E-state index < -0.39 is 39.7 Å². The van der Waals surface area contributed by atoms with Gasteiger partial charge in [-0.25, -0.2) is 13.2 Å². The lowest BCUT2D eigenvalue weighted by molar-refractivity contribution is -0.178. The van der Waals surface area contributed by atoms with Crippen molar-refractivity contribution in [2.75, 3.05) is 65.7 Å². The normalized spacial score (nSPS) is 13.9. The number of hydroxylamine groups is 2. The van der Waals surface area contributed by atoms with Crippen molar-refractivity contribution in [3.05, 3.63) is 40.3 Å². The minimum absolute atomic E-state index is 0.0976. The van der Waals surface area contributed by atoms with Crippen molar-refractivity contribution in [3.63, 3.8) is 0 Å². The van der Waals surface area contributed by atoms with Gasteiger partial charge in [-0.3, -0.25) is 19.2 Å². The number of azide groups is 1. The van der Waals surface area contributed by atoms with Gasteiger partial charge >= 0.3 is 6.16 Å². The molecule has 1 aromatic carbocycles. The van der Waals surface area contributed by atoms with Gasteiger partial charge in [0, 0.05) is 56.6 Å². The molecule has 2 rings (SSSR count). The highest BCUT2D eigenvalue weighted by atomic mass is 32.2. The molecule has 16 nitrogen and oxygen atoms in total. The lowest BCUT2D eigenvalue weighted by atomic mass is 10.1. The van der Waals surface area contributed by atoms with Crippen molar-refractivity contribution in [3.8, 4) is 0 Å². The third kappa shape index (κ3) is 13.8. The highest BCUT2D eigenvalue weighted by Gasteiger charge is 2.34. The van der Waals surface area contributed by atoms with Crippen LogP contribution in [0.3, 0.4) is 0 Å². The molecule has 0 aromatic heterocycles. The number of benzene rings is 1. The largest absolute Gasteiger partial charge is 0.534 e. The summed E-state index contributed by atoms with van der Waals surface area (Å²) < 4.78 is 52.6. The maximum atomic E-state index is 13.2. The molecule has 44 heavy (non-hydrogen) atoms. The van der Waals surface area contributed by atoms with Crippen molar-refractivity contribution >= 4 is 33.6 Å². The Hall–Kier alpha value is -3.60. The van der Waals surface area contributed by atoms with Gasteiger partial charge in [-0.05, 0) is 36.9 Å². The van der Waals surface area contributed by atoms with Crippen LogP contribution >= 0.6 is 0 Å². The number of carbonyl (C=O) groups is 4. The molecular formula is C27H38N4O12S. The second kappa shape index (κ2) is 20.4. The average Bonchev–Trinajstić information content (AvgIpc) is 3.31. The monoisotopic (exact) mass is 642 g/mol. The zero-order valence-electron chi connectivity index (χ0n) is 24.6. The molecule has 2 amide bonds. The second-order valence-electron chi connectivity index (χ2n) is 9.43. The molecule has 0 radical (unpaired) electrons. The van der Waals surface area contributed by atoms with E-state index >= 15 is 0 Å². The SMILES string of the molecule is COCCCC(CS(=O)(=O)c1cccc(C(=O)CCCOCCOCCOCCN=[N+]=[N-])c1)OC(=O)ON1C(=O)CCC1=O. The van der Waals surface area contributed by atoms with E-state index in [-0.39, 0.29) is 55.1 Å². The maximum absolute atomic E-state index is 13.2. The molecule has 1 aromatic rings. The molecule has 0 bridgehead atoms. The predicted molar refractivity (Wildman–Crippen MR) is 152 cm³/mol. The van der Waals surface area contributed by atoms with E-state index in [4.69, 9.17) is 34.1 Å². The van der Waals surface area contributed by atoms with Crippen LogP contribution in [0.2, 0.25) is 0 Å². The van der Waals surface area contributed by atoms with Crippen LogP contribution in [0.25, 0.3) is 10.4 Å². The Kier molecular flexibility index (Phi) is 16.9. The average molecular weight is 643 g/mol. The highest BCUT2D eigenvalue weighted by molar-refractivity contribution is 7.91. The summed E-state index contributed by atoms with van der Waals surface area (Å²) in [7, 11) is -2.57. The number of carbonyl (C=O) groups excluding carboxylic acids is 4. The van der Waals surface area contributed by atoms with Crippen LogP contribution in [0, 0.1) is 0 Å². The summed E-state index contributed by atoms with van der Waals surface area (Å²) in [5.41, 5.74) is 8.37. The van der Waals surface area contributed by atoms with Crippen molar-refractivity contribution in [2.24, 2.45) is 5.11 Å². The molecule has 1 heterocycles. The van der Waals surface area contributed by atoms with Crippen molar-refractivity contribution in [1.82, 2.24) is 5.06 Å². The van der Waals surface area contributed by atoms with Crippen LogP contribution in [-0.4, -0.2) is 109 Å². The van der Waals surface area contributed by atoms with Gasteiger partial charge in [0.15, 0.2) is 15.6 Å². The molecule has 17 heteroatoms. The number of hydrogen-bond acceptors (Lipinski definition) is 13. The Balaban J connectivity index is 1.82. The summed E-state index contributed by atoms with van der Waals surface area (Å²) >= 11 is 0. The first-order valence-corrected chi connectivity index (χ1v) is 15.7. The Bertz CT molecular complexity index is 1240. The smallest absolute Gasteiger partial charge is 0.428 e. The Morgan fingerprint density at radius 1 is 0.977 bits per heavy atom. The van der Waals surface area contributed by atoms with Gasteiger partial charge in [-0.15, -0.1) is 0 Å². The second-order valence-corrected chi connectivity index (χ2v) is 11.5. The van der Waals surface area contributed by atoms with Crippen LogP contribution in [0.4, 0.5) is 4.79 Å². The summed E-state index contributed by atoms with van der Waals surface area (Å²) in [6.07, 6.45) is -1.76. The highest BCUT2D eigenvalue weighted by Crippen LogP contribution is 2.20. The summed E-state index contributed by atoms with van der Waals surface area (Å²) in [4.78, 5) is 55.6. The lowest BCUT2D eigenvalue weighted by Gasteiger charge is -2.19. The number of hydrogen-bond donors (Lipinski definition) is 0. The Labute approximate surface area is 255 Å². The molecule has 0 spiro atoms. The Morgan fingerprint density at radius 3 is 2.30 bits per heavy atom. The van der Waals surface area contributed by atoms with E-state index in [1.807, 2.05) is 0 Å². The molecule has 0 saturated carbocycles.